The van der Waals surface area contributed by atoms with Crippen molar-refractivity contribution in [2.24, 2.45) is 0 Å². The van der Waals surface area contributed by atoms with Gasteiger partial charge in [0.05, 0.1) is 6.61 Å². The highest BCUT2D eigenvalue weighted by molar-refractivity contribution is 5.82. The number of ether oxygens (including phenoxy) is 3. The summed E-state index contributed by atoms with van der Waals surface area (Å²) in [5, 5.41) is 11.6. The molecule has 0 saturated carbocycles. The summed E-state index contributed by atoms with van der Waals surface area (Å²) in [5.41, 5.74) is 0. The third-order valence-corrected chi connectivity index (χ3v) is 3.09. The van der Waals surface area contributed by atoms with Crippen LogP contribution >= 0.6 is 0 Å². The SMILES string of the molecule is C=CC(O)OC(COCC)COc1ccc2cnccc2c1. The largest absolute Gasteiger partial charge is 0.491 e. The molecule has 0 aliphatic heterocycles. The highest BCUT2D eigenvalue weighted by Gasteiger charge is 2.14. The Bertz CT molecular complexity index is 602. The van der Waals surface area contributed by atoms with Crippen LogP contribution in [-0.2, 0) is 9.47 Å². The molecule has 5 nitrogen and oxygen atoms in total. The third-order valence-electron chi connectivity index (χ3n) is 3.09. The molecule has 0 saturated heterocycles. The lowest BCUT2D eigenvalue weighted by Crippen LogP contribution is -2.31. The molecule has 1 heterocycles. The van der Waals surface area contributed by atoms with Gasteiger partial charge in [-0.15, -0.1) is 0 Å². The second-order valence-electron chi connectivity index (χ2n) is 4.74. The Morgan fingerprint density at radius 3 is 2.91 bits per heavy atom. The molecule has 1 aromatic carbocycles. The van der Waals surface area contributed by atoms with Crippen LogP contribution in [0.3, 0.4) is 0 Å². The number of aromatic nitrogens is 1. The van der Waals surface area contributed by atoms with Gasteiger partial charge in [-0.05, 0) is 42.7 Å². The van der Waals surface area contributed by atoms with Crippen molar-refractivity contribution in [2.45, 2.75) is 19.3 Å². The highest BCUT2D eigenvalue weighted by Crippen LogP contribution is 2.20. The fourth-order valence-corrected chi connectivity index (χ4v) is 1.97. The van der Waals surface area contributed by atoms with E-state index in [0.717, 1.165) is 16.5 Å². The molecule has 2 unspecified atom stereocenters. The van der Waals surface area contributed by atoms with Gasteiger partial charge in [-0.25, -0.2) is 0 Å². The minimum absolute atomic E-state index is 0.279. The summed E-state index contributed by atoms with van der Waals surface area (Å²) in [6.07, 6.45) is 3.47. The number of benzene rings is 1. The molecule has 2 atom stereocenters. The minimum Gasteiger partial charge on any atom is -0.491 e. The van der Waals surface area contributed by atoms with Gasteiger partial charge in [0.15, 0.2) is 6.29 Å². The van der Waals surface area contributed by atoms with Gasteiger partial charge >= 0.3 is 0 Å². The van der Waals surface area contributed by atoms with E-state index in [9.17, 15) is 5.11 Å². The van der Waals surface area contributed by atoms with Crippen LogP contribution in [-0.4, -0.2) is 42.3 Å². The fourth-order valence-electron chi connectivity index (χ4n) is 1.97. The third kappa shape index (κ3) is 4.80. The molecule has 0 aliphatic rings. The molecule has 2 rings (SSSR count). The van der Waals surface area contributed by atoms with Crippen LogP contribution in [0.5, 0.6) is 5.75 Å². The summed E-state index contributed by atoms with van der Waals surface area (Å²) in [4.78, 5) is 4.08. The summed E-state index contributed by atoms with van der Waals surface area (Å²) in [6, 6.07) is 7.71. The van der Waals surface area contributed by atoms with Crippen LogP contribution in [0.4, 0.5) is 0 Å². The van der Waals surface area contributed by atoms with Gasteiger partial charge in [0.1, 0.15) is 18.5 Å². The van der Waals surface area contributed by atoms with Crippen molar-refractivity contribution in [3.63, 3.8) is 0 Å². The van der Waals surface area contributed by atoms with Crippen molar-refractivity contribution >= 4 is 10.8 Å². The second-order valence-corrected chi connectivity index (χ2v) is 4.74. The van der Waals surface area contributed by atoms with Crippen LogP contribution in [0.1, 0.15) is 6.92 Å². The maximum Gasteiger partial charge on any atom is 0.174 e. The zero-order chi connectivity index (χ0) is 15.8. The van der Waals surface area contributed by atoms with Gasteiger partial charge in [-0.1, -0.05) is 6.58 Å². The molecule has 118 valence electrons. The highest BCUT2D eigenvalue weighted by atomic mass is 16.6. The van der Waals surface area contributed by atoms with Gasteiger partial charge in [-0.3, -0.25) is 4.98 Å². The van der Waals surface area contributed by atoms with E-state index in [1.807, 2.05) is 31.2 Å². The van der Waals surface area contributed by atoms with Crippen LogP contribution in [0.25, 0.3) is 10.8 Å². The summed E-state index contributed by atoms with van der Waals surface area (Å²) in [7, 11) is 0. The smallest absolute Gasteiger partial charge is 0.174 e. The van der Waals surface area contributed by atoms with E-state index in [4.69, 9.17) is 14.2 Å². The zero-order valence-corrected chi connectivity index (χ0v) is 12.6. The predicted molar refractivity (Wildman–Crippen MR) is 84.8 cm³/mol. The quantitative estimate of drug-likeness (QED) is 0.570. The molecule has 2 aromatic rings. The average molecular weight is 303 g/mol. The molecule has 0 amide bonds. The summed E-state index contributed by atoms with van der Waals surface area (Å²) < 4.78 is 16.5. The number of aliphatic hydroxyl groups is 1. The van der Waals surface area contributed by atoms with E-state index in [0.29, 0.717) is 13.2 Å². The molecule has 0 radical (unpaired) electrons. The standard InChI is InChI=1S/C17H21NO4/c1-3-17(19)22-16(11-20-4-2)12-21-15-6-5-14-10-18-8-7-13(14)9-15/h3,5-10,16-17,19H,1,4,11-12H2,2H3. The van der Waals surface area contributed by atoms with Crippen molar-refractivity contribution < 1.29 is 19.3 Å². The van der Waals surface area contributed by atoms with Crippen molar-refractivity contribution in [3.8, 4) is 5.75 Å². The summed E-state index contributed by atoms with van der Waals surface area (Å²) in [6.45, 7) is 6.59. The lowest BCUT2D eigenvalue weighted by molar-refractivity contribution is -0.135. The number of hydrogen-bond acceptors (Lipinski definition) is 5. The second kappa shape index (κ2) is 8.48. The van der Waals surface area contributed by atoms with Crippen molar-refractivity contribution in [1.29, 1.82) is 0 Å². The Balaban J connectivity index is 1.98. The van der Waals surface area contributed by atoms with Crippen LogP contribution in [0.15, 0.2) is 49.3 Å². The number of aliphatic hydroxyl groups excluding tert-OH is 1. The van der Waals surface area contributed by atoms with E-state index < -0.39 is 6.29 Å². The molecule has 22 heavy (non-hydrogen) atoms. The first-order valence-electron chi connectivity index (χ1n) is 7.23. The molecule has 1 N–H and O–H groups in total. The normalized spacial score (nSPS) is 13.7. The average Bonchev–Trinajstić information content (AvgIpc) is 2.56. The number of rotatable bonds is 9. The van der Waals surface area contributed by atoms with E-state index in [1.165, 1.54) is 6.08 Å². The lowest BCUT2D eigenvalue weighted by Gasteiger charge is -2.20. The number of hydrogen-bond donors (Lipinski definition) is 1. The molecule has 0 spiro atoms. The van der Waals surface area contributed by atoms with E-state index in [2.05, 4.69) is 11.6 Å². The predicted octanol–water partition coefficient (Wildman–Crippen LogP) is 2.54. The van der Waals surface area contributed by atoms with Crippen molar-refractivity contribution in [2.75, 3.05) is 19.8 Å². The number of pyridine rings is 1. The molecular formula is C17H21NO4. The molecule has 0 bridgehead atoms. The van der Waals surface area contributed by atoms with Crippen molar-refractivity contribution in [1.82, 2.24) is 4.98 Å². The van der Waals surface area contributed by atoms with Crippen LogP contribution < -0.4 is 4.74 Å². The van der Waals surface area contributed by atoms with Gasteiger partial charge in [0.25, 0.3) is 0 Å². The zero-order valence-electron chi connectivity index (χ0n) is 12.6. The molecule has 0 aliphatic carbocycles. The Morgan fingerprint density at radius 2 is 2.14 bits per heavy atom. The molecule has 5 heteroatoms. The molecule has 1 aromatic heterocycles. The minimum atomic E-state index is -1.03. The lowest BCUT2D eigenvalue weighted by atomic mass is 10.2. The Hall–Kier alpha value is -1.95. The number of nitrogens with zero attached hydrogens (tertiary/aromatic N) is 1. The monoisotopic (exact) mass is 303 g/mol. The Labute approximate surface area is 130 Å². The first-order valence-corrected chi connectivity index (χ1v) is 7.23. The van der Waals surface area contributed by atoms with E-state index in [1.54, 1.807) is 12.4 Å². The van der Waals surface area contributed by atoms with Gasteiger partial charge in [0, 0.05) is 24.4 Å². The first kappa shape index (κ1) is 16.4. The fraction of sp³-hybridized carbons (Fsp3) is 0.353. The number of fused-ring (bicyclic) bond motifs is 1. The van der Waals surface area contributed by atoms with Crippen LogP contribution in [0, 0.1) is 0 Å². The van der Waals surface area contributed by atoms with Crippen molar-refractivity contribution in [3.05, 3.63) is 49.3 Å². The molecule has 0 fully saturated rings. The van der Waals surface area contributed by atoms with Gasteiger partial charge in [0.2, 0.25) is 0 Å². The van der Waals surface area contributed by atoms with Gasteiger partial charge < -0.3 is 19.3 Å². The summed E-state index contributed by atoms with van der Waals surface area (Å²) >= 11 is 0. The maximum absolute atomic E-state index is 9.51. The van der Waals surface area contributed by atoms with E-state index in [-0.39, 0.29) is 12.7 Å². The van der Waals surface area contributed by atoms with E-state index >= 15 is 0 Å². The topological polar surface area (TPSA) is 60.8 Å². The Morgan fingerprint density at radius 1 is 1.27 bits per heavy atom. The summed E-state index contributed by atoms with van der Waals surface area (Å²) in [5.74, 6) is 0.733. The van der Waals surface area contributed by atoms with Gasteiger partial charge in [-0.2, -0.15) is 0 Å². The Kier molecular flexibility index (Phi) is 6.33. The van der Waals surface area contributed by atoms with Crippen LogP contribution in [0.2, 0.25) is 0 Å². The maximum atomic E-state index is 9.51. The molecular weight excluding hydrogens is 282 g/mol. The first-order chi connectivity index (χ1) is 10.7.